The molecule has 6 nitrogen and oxygen atoms in total. The standard InChI is InChI=1S/C15H20N4O2/c1-4-19-10-17-18-14(19)9-16-15(20)12(3)21-13-7-5-6-11(2)8-13/h5-8,10,12H,4,9H2,1-3H3,(H,16,20)/t12-/m0/s1. The van der Waals surface area contributed by atoms with Gasteiger partial charge >= 0.3 is 0 Å². The lowest BCUT2D eigenvalue weighted by atomic mass is 10.2. The summed E-state index contributed by atoms with van der Waals surface area (Å²) in [6.45, 7) is 6.82. The van der Waals surface area contributed by atoms with Crippen LogP contribution >= 0.6 is 0 Å². The second kappa shape index (κ2) is 6.88. The molecule has 1 heterocycles. The van der Waals surface area contributed by atoms with Crippen LogP contribution < -0.4 is 10.1 Å². The van der Waals surface area contributed by atoms with E-state index in [-0.39, 0.29) is 5.91 Å². The number of hydrogen-bond acceptors (Lipinski definition) is 4. The number of rotatable bonds is 6. The minimum atomic E-state index is -0.565. The van der Waals surface area contributed by atoms with Crippen LogP contribution in [-0.4, -0.2) is 26.8 Å². The Balaban J connectivity index is 1.88. The third-order valence-electron chi connectivity index (χ3n) is 3.13. The first-order chi connectivity index (χ1) is 10.1. The summed E-state index contributed by atoms with van der Waals surface area (Å²) in [7, 11) is 0. The van der Waals surface area contributed by atoms with Crippen molar-refractivity contribution in [2.45, 2.75) is 40.0 Å². The Labute approximate surface area is 124 Å². The van der Waals surface area contributed by atoms with Crippen LogP contribution in [0.3, 0.4) is 0 Å². The molecule has 6 heteroatoms. The lowest BCUT2D eigenvalue weighted by Crippen LogP contribution is -2.36. The number of amides is 1. The normalized spacial score (nSPS) is 12.0. The average Bonchev–Trinajstić information content (AvgIpc) is 2.92. The van der Waals surface area contributed by atoms with E-state index in [4.69, 9.17) is 4.74 Å². The van der Waals surface area contributed by atoms with Crippen LogP contribution in [0.25, 0.3) is 0 Å². The van der Waals surface area contributed by atoms with Crippen LogP contribution in [0.2, 0.25) is 0 Å². The fraction of sp³-hybridized carbons (Fsp3) is 0.400. The van der Waals surface area contributed by atoms with E-state index in [0.29, 0.717) is 12.3 Å². The lowest BCUT2D eigenvalue weighted by Gasteiger charge is -2.15. The molecule has 1 N–H and O–H groups in total. The first-order valence-corrected chi connectivity index (χ1v) is 6.98. The zero-order chi connectivity index (χ0) is 15.2. The molecule has 21 heavy (non-hydrogen) atoms. The summed E-state index contributed by atoms with van der Waals surface area (Å²) >= 11 is 0. The van der Waals surface area contributed by atoms with Crippen molar-refractivity contribution in [2.24, 2.45) is 0 Å². The van der Waals surface area contributed by atoms with Crippen molar-refractivity contribution < 1.29 is 9.53 Å². The minimum absolute atomic E-state index is 0.179. The third kappa shape index (κ3) is 4.05. The highest BCUT2D eigenvalue weighted by Crippen LogP contribution is 2.14. The van der Waals surface area contributed by atoms with E-state index in [0.717, 1.165) is 17.9 Å². The van der Waals surface area contributed by atoms with E-state index in [1.165, 1.54) is 0 Å². The molecular formula is C15H20N4O2. The maximum Gasteiger partial charge on any atom is 0.261 e. The van der Waals surface area contributed by atoms with Crippen molar-refractivity contribution in [1.29, 1.82) is 0 Å². The van der Waals surface area contributed by atoms with Gasteiger partial charge in [-0.3, -0.25) is 4.79 Å². The molecule has 1 aromatic carbocycles. The van der Waals surface area contributed by atoms with E-state index in [2.05, 4.69) is 15.5 Å². The summed E-state index contributed by atoms with van der Waals surface area (Å²) in [5.74, 6) is 1.24. The van der Waals surface area contributed by atoms with E-state index in [1.807, 2.05) is 42.7 Å². The molecular weight excluding hydrogens is 268 g/mol. The average molecular weight is 288 g/mol. The van der Waals surface area contributed by atoms with Gasteiger partial charge in [-0.25, -0.2) is 0 Å². The number of nitrogens with one attached hydrogen (secondary N) is 1. The van der Waals surface area contributed by atoms with Gasteiger partial charge in [0.1, 0.15) is 12.1 Å². The fourth-order valence-corrected chi connectivity index (χ4v) is 1.94. The van der Waals surface area contributed by atoms with Gasteiger partial charge in [0.2, 0.25) is 0 Å². The minimum Gasteiger partial charge on any atom is -0.481 e. The molecule has 0 radical (unpaired) electrons. The van der Waals surface area contributed by atoms with Crippen LogP contribution in [-0.2, 0) is 17.9 Å². The molecule has 0 aliphatic carbocycles. The summed E-state index contributed by atoms with van der Waals surface area (Å²) in [5, 5.41) is 10.6. The molecule has 1 atom stereocenters. The molecule has 112 valence electrons. The smallest absolute Gasteiger partial charge is 0.261 e. The Bertz CT molecular complexity index is 609. The zero-order valence-electron chi connectivity index (χ0n) is 12.5. The maximum atomic E-state index is 12.0. The van der Waals surface area contributed by atoms with Crippen molar-refractivity contribution in [3.05, 3.63) is 42.0 Å². The summed E-state index contributed by atoms with van der Waals surface area (Å²) < 4.78 is 7.51. The van der Waals surface area contributed by atoms with Crippen molar-refractivity contribution in [1.82, 2.24) is 20.1 Å². The topological polar surface area (TPSA) is 69.0 Å². The molecule has 2 rings (SSSR count). The van der Waals surface area contributed by atoms with E-state index in [1.54, 1.807) is 13.3 Å². The molecule has 0 saturated carbocycles. The molecule has 0 bridgehead atoms. The van der Waals surface area contributed by atoms with Gasteiger partial charge in [0.15, 0.2) is 11.9 Å². The number of nitrogens with zero attached hydrogens (tertiary/aromatic N) is 3. The summed E-state index contributed by atoms with van der Waals surface area (Å²) in [5.41, 5.74) is 1.09. The predicted molar refractivity (Wildman–Crippen MR) is 78.8 cm³/mol. The summed E-state index contributed by atoms with van der Waals surface area (Å²) in [4.78, 5) is 12.0. The van der Waals surface area contributed by atoms with E-state index >= 15 is 0 Å². The molecule has 1 aromatic heterocycles. The number of carbonyl (C=O) groups is 1. The number of ether oxygens (including phenoxy) is 1. The highest BCUT2D eigenvalue weighted by atomic mass is 16.5. The van der Waals surface area contributed by atoms with Crippen molar-refractivity contribution >= 4 is 5.91 Å². The second-order valence-corrected chi connectivity index (χ2v) is 4.83. The Morgan fingerprint density at radius 1 is 1.48 bits per heavy atom. The maximum absolute atomic E-state index is 12.0. The van der Waals surface area contributed by atoms with Gasteiger partial charge in [0.25, 0.3) is 5.91 Å². The van der Waals surface area contributed by atoms with Crippen molar-refractivity contribution in [3.8, 4) is 5.75 Å². The lowest BCUT2D eigenvalue weighted by molar-refractivity contribution is -0.127. The van der Waals surface area contributed by atoms with Gasteiger partial charge in [-0.1, -0.05) is 12.1 Å². The first kappa shape index (κ1) is 15.0. The first-order valence-electron chi connectivity index (χ1n) is 6.98. The quantitative estimate of drug-likeness (QED) is 0.878. The molecule has 0 unspecified atom stereocenters. The van der Waals surface area contributed by atoms with E-state index < -0.39 is 6.10 Å². The van der Waals surface area contributed by atoms with Crippen LogP contribution in [0.15, 0.2) is 30.6 Å². The monoisotopic (exact) mass is 288 g/mol. The van der Waals surface area contributed by atoms with Gasteiger partial charge in [0, 0.05) is 6.54 Å². The van der Waals surface area contributed by atoms with Crippen LogP contribution in [0.1, 0.15) is 25.2 Å². The number of hydrogen-bond donors (Lipinski definition) is 1. The Morgan fingerprint density at radius 3 is 3.00 bits per heavy atom. The number of benzene rings is 1. The summed E-state index contributed by atoms with van der Waals surface area (Å²) in [6.07, 6.45) is 1.08. The molecule has 0 saturated heterocycles. The highest BCUT2D eigenvalue weighted by Gasteiger charge is 2.15. The van der Waals surface area contributed by atoms with Gasteiger partial charge in [-0.05, 0) is 38.5 Å². The van der Waals surface area contributed by atoms with Crippen LogP contribution in [0, 0.1) is 6.92 Å². The van der Waals surface area contributed by atoms with Gasteiger partial charge in [-0.15, -0.1) is 10.2 Å². The van der Waals surface area contributed by atoms with Gasteiger partial charge in [0.05, 0.1) is 6.54 Å². The molecule has 0 aliphatic heterocycles. The van der Waals surface area contributed by atoms with E-state index in [9.17, 15) is 4.79 Å². The second-order valence-electron chi connectivity index (χ2n) is 4.83. The molecule has 0 fully saturated rings. The highest BCUT2D eigenvalue weighted by molar-refractivity contribution is 5.80. The number of aromatic nitrogens is 3. The predicted octanol–water partition coefficient (Wildman–Crippen LogP) is 1.69. The zero-order valence-corrected chi connectivity index (χ0v) is 12.5. The molecule has 0 spiro atoms. The van der Waals surface area contributed by atoms with Crippen molar-refractivity contribution in [2.75, 3.05) is 0 Å². The number of carbonyl (C=O) groups excluding carboxylic acids is 1. The summed E-state index contributed by atoms with van der Waals surface area (Å²) in [6, 6.07) is 7.62. The SMILES string of the molecule is CCn1cnnc1CNC(=O)[C@H](C)Oc1cccc(C)c1. The number of aryl methyl sites for hydroxylation is 2. The van der Waals surface area contributed by atoms with Crippen LogP contribution in [0.4, 0.5) is 0 Å². The largest absolute Gasteiger partial charge is 0.481 e. The Hall–Kier alpha value is -2.37. The van der Waals surface area contributed by atoms with Crippen LogP contribution in [0.5, 0.6) is 5.75 Å². The Morgan fingerprint density at radius 2 is 2.29 bits per heavy atom. The molecule has 1 amide bonds. The fourth-order valence-electron chi connectivity index (χ4n) is 1.94. The molecule has 0 aliphatic rings. The Kier molecular flexibility index (Phi) is 4.92. The van der Waals surface area contributed by atoms with Gasteiger partial charge < -0.3 is 14.6 Å². The van der Waals surface area contributed by atoms with Gasteiger partial charge in [-0.2, -0.15) is 0 Å². The third-order valence-corrected chi connectivity index (χ3v) is 3.13. The van der Waals surface area contributed by atoms with Crippen molar-refractivity contribution in [3.63, 3.8) is 0 Å². The molecule has 2 aromatic rings.